The number of anilines is 1. The van der Waals surface area contributed by atoms with Crippen molar-refractivity contribution in [1.29, 1.82) is 5.26 Å². The number of nitrogens with zero attached hydrogens (tertiary/aromatic N) is 2. The number of hydrogen-bond acceptors (Lipinski definition) is 4. The van der Waals surface area contributed by atoms with E-state index < -0.39 is 0 Å². The van der Waals surface area contributed by atoms with E-state index in [0.29, 0.717) is 22.0 Å². The van der Waals surface area contributed by atoms with E-state index in [2.05, 4.69) is 37.1 Å². The number of aromatic nitrogens is 1. The lowest BCUT2D eigenvalue weighted by Crippen LogP contribution is -2.28. The zero-order chi connectivity index (χ0) is 18.9. The van der Waals surface area contributed by atoms with Crippen molar-refractivity contribution in [2.75, 3.05) is 5.32 Å². The van der Waals surface area contributed by atoms with E-state index in [1.807, 2.05) is 0 Å². The first kappa shape index (κ1) is 18.9. The fraction of sp³-hybridized carbons (Fsp3) is 0.450. The maximum atomic E-state index is 12.5. The first-order chi connectivity index (χ1) is 12.4. The average Bonchev–Trinajstić information content (AvgIpc) is 2.97. The molecular weight excluding hydrogens is 366 g/mol. The molecule has 0 radical (unpaired) electrons. The highest BCUT2D eigenvalue weighted by Gasteiger charge is 2.34. The van der Waals surface area contributed by atoms with Crippen LogP contribution in [0.25, 0.3) is 0 Å². The molecule has 4 nitrogen and oxygen atoms in total. The minimum atomic E-state index is -0.330. The summed E-state index contributed by atoms with van der Waals surface area (Å²) in [6.45, 7) is 6.86. The van der Waals surface area contributed by atoms with Gasteiger partial charge in [0.05, 0.1) is 11.1 Å². The average molecular weight is 388 g/mol. The van der Waals surface area contributed by atoms with Crippen LogP contribution in [0, 0.1) is 22.7 Å². The Morgan fingerprint density at radius 1 is 1.54 bits per heavy atom. The molecule has 0 spiro atoms. The van der Waals surface area contributed by atoms with Crippen LogP contribution in [0.1, 0.15) is 60.0 Å². The quantitative estimate of drug-likeness (QED) is 0.708. The second-order valence-electron chi connectivity index (χ2n) is 7.40. The third-order valence-corrected chi connectivity index (χ3v) is 7.10. The second kappa shape index (κ2) is 7.38. The maximum Gasteiger partial charge on any atom is 0.259 e. The summed E-state index contributed by atoms with van der Waals surface area (Å²) in [5, 5.41) is 13.3. The Morgan fingerprint density at radius 2 is 2.31 bits per heavy atom. The monoisotopic (exact) mass is 387 g/mol. The highest BCUT2D eigenvalue weighted by atomic mass is 35.5. The molecule has 1 aliphatic carbocycles. The maximum absolute atomic E-state index is 12.5. The molecule has 0 fully saturated rings. The molecular formula is C20H22ClN3OS. The largest absolute Gasteiger partial charge is 0.312 e. The lowest BCUT2D eigenvalue weighted by molar-refractivity contribution is 0.102. The molecule has 26 heavy (non-hydrogen) atoms. The molecule has 1 aliphatic rings. The zero-order valence-corrected chi connectivity index (χ0v) is 16.8. The summed E-state index contributed by atoms with van der Waals surface area (Å²) in [5.74, 6) is 0.269. The van der Waals surface area contributed by atoms with Gasteiger partial charge in [-0.15, -0.1) is 11.3 Å². The van der Waals surface area contributed by atoms with Gasteiger partial charge < -0.3 is 5.32 Å². The minimum Gasteiger partial charge on any atom is -0.312 e. The Morgan fingerprint density at radius 3 is 2.96 bits per heavy atom. The molecule has 0 aromatic carbocycles. The fourth-order valence-electron chi connectivity index (χ4n) is 3.47. The lowest BCUT2D eigenvalue weighted by Gasteiger charge is -2.36. The van der Waals surface area contributed by atoms with Crippen molar-refractivity contribution in [1.82, 2.24) is 4.98 Å². The van der Waals surface area contributed by atoms with E-state index in [1.54, 1.807) is 18.3 Å². The molecule has 1 atom stereocenters. The highest BCUT2D eigenvalue weighted by molar-refractivity contribution is 7.16. The van der Waals surface area contributed by atoms with Gasteiger partial charge in [-0.1, -0.05) is 38.8 Å². The van der Waals surface area contributed by atoms with Gasteiger partial charge in [0.2, 0.25) is 0 Å². The van der Waals surface area contributed by atoms with Gasteiger partial charge in [-0.25, -0.2) is 4.98 Å². The van der Waals surface area contributed by atoms with Crippen molar-refractivity contribution >= 4 is 33.8 Å². The van der Waals surface area contributed by atoms with E-state index in [-0.39, 0.29) is 16.5 Å². The Bertz CT molecular complexity index is 882. The summed E-state index contributed by atoms with van der Waals surface area (Å²) in [5.41, 5.74) is 2.30. The van der Waals surface area contributed by atoms with Gasteiger partial charge in [-0.05, 0) is 48.3 Å². The van der Waals surface area contributed by atoms with E-state index in [4.69, 9.17) is 11.6 Å². The molecule has 6 heteroatoms. The summed E-state index contributed by atoms with van der Waals surface area (Å²) in [7, 11) is 0. The van der Waals surface area contributed by atoms with E-state index in [0.717, 1.165) is 31.2 Å². The van der Waals surface area contributed by atoms with Crippen molar-refractivity contribution in [3.8, 4) is 6.07 Å². The van der Waals surface area contributed by atoms with Crippen LogP contribution in [-0.2, 0) is 12.8 Å². The third-order valence-electron chi connectivity index (χ3n) is 5.62. The van der Waals surface area contributed by atoms with Gasteiger partial charge in [0.25, 0.3) is 5.91 Å². The zero-order valence-electron chi connectivity index (χ0n) is 15.2. The SMILES string of the molecule is CCC(C)(C)C1CCc2c(sc(NC(=O)c3cccnc3Cl)c2C#N)C1. The number of carbonyl (C=O) groups excluding carboxylic acids is 1. The van der Waals surface area contributed by atoms with Crippen LogP contribution in [-0.4, -0.2) is 10.9 Å². The van der Waals surface area contributed by atoms with Crippen molar-refractivity contribution in [2.24, 2.45) is 11.3 Å². The number of rotatable bonds is 4. The predicted molar refractivity (Wildman–Crippen MR) is 106 cm³/mol. The number of halogens is 1. The summed E-state index contributed by atoms with van der Waals surface area (Å²) in [6, 6.07) is 5.59. The standard InChI is InChI=1S/C20H22ClN3OS/c1-4-20(2,3)12-7-8-13-15(11-22)19(26-16(13)10-12)24-18(25)14-6-5-9-23-17(14)21/h5-6,9,12H,4,7-8,10H2,1-3H3,(H,24,25). The van der Waals surface area contributed by atoms with Crippen molar-refractivity contribution in [3.05, 3.63) is 45.1 Å². The molecule has 3 rings (SSSR count). The van der Waals surface area contributed by atoms with Crippen LogP contribution in [0.5, 0.6) is 0 Å². The summed E-state index contributed by atoms with van der Waals surface area (Å²) >= 11 is 7.54. The summed E-state index contributed by atoms with van der Waals surface area (Å²) < 4.78 is 0. The summed E-state index contributed by atoms with van der Waals surface area (Å²) in [4.78, 5) is 17.7. The van der Waals surface area contributed by atoms with Crippen LogP contribution in [0.2, 0.25) is 5.15 Å². The van der Waals surface area contributed by atoms with Gasteiger partial charge in [0, 0.05) is 11.1 Å². The molecule has 2 aromatic heterocycles. The molecule has 0 aliphatic heterocycles. The molecule has 2 heterocycles. The van der Waals surface area contributed by atoms with Gasteiger partial charge in [0.15, 0.2) is 0 Å². The number of nitrogens with one attached hydrogen (secondary N) is 1. The van der Waals surface area contributed by atoms with Gasteiger partial charge in [0.1, 0.15) is 16.2 Å². The Labute approximate surface area is 163 Å². The normalized spacial score (nSPS) is 16.7. The van der Waals surface area contributed by atoms with Crippen LogP contribution in [0.15, 0.2) is 18.3 Å². The Balaban J connectivity index is 1.88. The van der Waals surface area contributed by atoms with E-state index in [9.17, 15) is 10.1 Å². The number of carbonyl (C=O) groups is 1. The van der Waals surface area contributed by atoms with Crippen LogP contribution < -0.4 is 5.32 Å². The smallest absolute Gasteiger partial charge is 0.259 e. The van der Waals surface area contributed by atoms with Crippen LogP contribution >= 0.6 is 22.9 Å². The number of amides is 1. The number of fused-ring (bicyclic) bond motifs is 1. The first-order valence-electron chi connectivity index (χ1n) is 8.84. The Hall–Kier alpha value is -1.90. The van der Waals surface area contributed by atoms with Gasteiger partial charge in [-0.2, -0.15) is 5.26 Å². The molecule has 2 aromatic rings. The predicted octanol–water partition coefficient (Wildman–Crippen LogP) is 5.46. The fourth-order valence-corrected chi connectivity index (χ4v) is 4.95. The lowest BCUT2D eigenvalue weighted by atomic mass is 9.69. The van der Waals surface area contributed by atoms with Crippen molar-refractivity contribution in [3.63, 3.8) is 0 Å². The first-order valence-corrected chi connectivity index (χ1v) is 10.0. The van der Waals surface area contributed by atoms with Crippen molar-refractivity contribution in [2.45, 2.75) is 46.5 Å². The van der Waals surface area contributed by atoms with E-state index >= 15 is 0 Å². The topological polar surface area (TPSA) is 65.8 Å². The number of thiophene rings is 1. The minimum absolute atomic E-state index is 0.162. The highest BCUT2D eigenvalue weighted by Crippen LogP contribution is 2.45. The second-order valence-corrected chi connectivity index (χ2v) is 8.86. The molecule has 0 saturated heterocycles. The molecule has 0 bridgehead atoms. The van der Waals surface area contributed by atoms with Crippen LogP contribution in [0.3, 0.4) is 0 Å². The molecule has 1 unspecified atom stereocenters. The number of nitriles is 1. The molecule has 0 saturated carbocycles. The van der Waals surface area contributed by atoms with Crippen LogP contribution in [0.4, 0.5) is 5.00 Å². The Kier molecular flexibility index (Phi) is 5.36. The van der Waals surface area contributed by atoms with E-state index in [1.165, 1.54) is 16.2 Å². The number of pyridine rings is 1. The molecule has 1 N–H and O–H groups in total. The molecule has 1 amide bonds. The number of hydrogen-bond donors (Lipinski definition) is 1. The van der Waals surface area contributed by atoms with Gasteiger partial charge >= 0.3 is 0 Å². The van der Waals surface area contributed by atoms with Gasteiger partial charge in [-0.3, -0.25) is 4.79 Å². The molecule has 136 valence electrons. The summed E-state index contributed by atoms with van der Waals surface area (Å²) in [6.07, 6.45) is 5.62. The van der Waals surface area contributed by atoms with Crippen molar-refractivity contribution < 1.29 is 4.79 Å². The third kappa shape index (κ3) is 3.49.